The first-order valence-corrected chi connectivity index (χ1v) is 8.44. The summed E-state index contributed by atoms with van der Waals surface area (Å²) in [5, 5.41) is 2.62. The molecule has 4 nitrogen and oxygen atoms in total. The Morgan fingerprint density at radius 1 is 1.17 bits per heavy atom. The molecular formula is C19H24N2O2. The second-order valence-corrected chi connectivity index (χ2v) is 6.50. The molecular weight excluding hydrogens is 288 g/mol. The molecule has 1 saturated carbocycles. The van der Waals surface area contributed by atoms with Gasteiger partial charge in [0.2, 0.25) is 5.91 Å². The lowest BCUT2D eigenvalue weighted by atomic mass is 10.0. The fourth-order valence-electron chi connectivity index (χ4n) is 3.12. The van der Waals surface area contributed by atoms with Crippen molar-refractivity contribution in [2.45, 2.75) is 44.7 Å². The molecule has 0 radical (unpaired) electrons. The highest BCUT2D eigenvalue weighted by atomic mass is 16.2. The van der Waals surface area contributed by atoms with Gasteiger partial charge in [-0.1, -0.05) is 24.3 Å². The molecule has 1 aromatic rings. The standard InChI is InChI=1S/C19H24N2O2/c1-20-19(23)16-8-6-15(7-9-16)13-21(17-10-11-17)18(22)12-14-4-2-3-5-14/h2,4,6-9,14,17H,3,5,10-13H2,1H3,(H,20,23). The summed E-state index contributed by atoms with van der Waals surface area (Å²) in [5.74, 6) is 0.596. The molecule has 2 aliphatic rings. The van der Waals surface area contributed by atoms with Crippen molar-refractivity contribution in [3.8, 4) is 0 Å². The summed E-state index contributed by atoms with van der Waals surface area (Å²) in [6, 6.07) is 7.95. The molecule has 0 aliphatic heterocycles. The fourth-order valence-corrected chi connectivity index (χ4v) is 3.12. The molecule has 122 valence electrons. The van der Waals surface area contributed by atoms with Crippen molar-refractivity contribution in [2.75, 3.05) is 7.05 Å². The molecule has 2 amide bonds. The van der Waals surface area contributed by atoms with Gasteiger partial charge in [-0.15, -0.1) is 0 Å². The van der Waals surface area contributed by atoms with Crippen LogP contribution < -0.4 is 5.32 Å². The van der Waals surface area contributed by atoms with E-state index in [4.69, 9.17) is 0 Å². The molecule has 0 spiro atoms. The maximum absolute atomic E-state index is 12.6. The van der Waals surface area contributed by atoms with Crippen LogP contribution in [0.25, 0.3) is 0 Å². The third-order valence-corrected chi connectivity index (χ3v) is 4.65. The van der Waals surface area contributed by atoms with Gasteiger partial charge >= 0.3 is 0 Å². The Labute approximate surface area is 137 Å². The lowest BCUT2D eigenvalue weighted by Crippen LogP contribution is -2.33. The highest BCUT2D eigenvalue weighted by Gasteiger charge is 2.33. The highest BCUT2D eigenvalue weighted by molar-refractivity contribution is 5.93. The first-order chi connectivity index (χ1) is 11.2. The number of benzene rings is 1. The Kier molecular flexibility index (Phi) is 4.79. The van der Waals surface area contributed by atoms with Crippen LogP contribution in [-0.4, -0.2) is 29.8 Å². The van der Waals surface area contributed by atoms with Crippen molar-refractivity contribution < 1.29 is 9.59 Å². The Morgan fingerprint density at radius 3 is 2.48 bits per heavy atom. The number of allylic oxidation sites excluding steroid dienone is 2. The van der Waals surface area contributed by atoms with Gasteiger partial charge in [0.05, 0.1) is 0 Å². The number of hydrogen-bond acceptors (Lipinski definition) is 2. The Hall–Kier alpha value is -2.10. The van der Waals surface area contributed by atoms with Crippen LogP contribution in [0, 0.1) is 5.92 Å². The smallest absolute Gasteiger partial charge is 0.251 e. The molecule has 0 heterocycles. The van der Waals surface area contributed by atoms with Crippen LogP contribution >= 0.6 is 0 Å². The Bertz CT molecular complexity index is 602. The summed E-state index contributed by atoms with van der Waals surface area (Å²) in [4.78, 5) is 26.2. The van der Waals surface area contributed by atoms with Crippen molar-refractivity contribution in [3.63, 3.8) is 0 Å². The second kappa shape index (κ2) is 6.99. The summed E-state index contributed by atoms with van der Waals surface area (Å²) >= 11 is 0. The van der Waals surface area contributed by atoms with E-state index in [0.29, 0.717) is 30.5 Å². The highest BCUT2D eigenvalue weighted by Crippen LogP contribution is 2.31. The van der Waals surface area contributed by atoms with Crippen LogP contribution in [0.1, 0.15) is 48.0 Å². The predicted molar refractivity (Wildman–Crippen MR) is 89.9 cm³/mol. The average molecular weight is 312 g/mol. The van der Waals surface area contributed by atoms with Gasteiger partial charge in [0.15, 0.2) is 0 Å². The molecule has 0 aromatic heterocycles. The van der Waals surface area contributed by atoms with Crippen molar-refractivity contribution >= 4 is 11.8 Å². The van der Waals surface area contributed by atoms with Gasteiger partial charge in [0, 0.05) is 31.6 Å². The molecule has 0 bridgehead atoms. The SMILES string of the molecule is CNC(=O)c1ccc(CN(C(=O)CC2C=CCC2)C2CC2)cc1. The van der Waals surface area contributed by atoms with E-state index < -0.39 is 0 Å². The van der Waals surface area contributed by atoms with Gasteiger partial charge < -0.3 is 10.2 Å². The van der Waals surface area contributed by atoms with E-state index >= 15 is 0 Å². The second-order valence-electron chi connectivity index (χ2n) is 6.50. The van der Waals surface area contributed by atoms with E-state index in [0.717, 1.165) is 31.2 Å². The first kappa shape index (κ1) is 15.8. The van der Waals surface area contributed by atoms with Gasteiger partial charge in [-0.2, -0.15) is 0 Å². The molecule has 1 atom stereocenters. The van der Waals surface area contributed by atoms with Crippen molar-refractivity contribution in [1.29, 1.82) is 0 Å². The van der Waals surface area contributed by atoms with Gasteiger partial charge in [-0.3, -0.25) is 9.59 Å². The lowest BCUT2D eigenvalue weighted by Gasteiger charge is -2.24. The molecule has 3 rings (SSSR count). The number of hydrogen-bond donors (Lipinski definition) is 1. The largest absolute Gasteiger partial charge is 0.355 e. The molecule has 2 aliphatic carbocycles. The zero-order chi connectivity index (χ0) is 16.2. The van der Waals surface area contributed by atoms with Crippen LogP contribution in [-0.2, 0) is 11.3 Å². The quantitative estimate of drug-likeness (QED) is 0.821. The van der Waals surface area contributed by atoms with Gasteiger partial charge in [0.25, 0.3) is 5.91 Å². The number of nitrogens with zero attached hydrogens (tertiary/aromatic N) is 1. The van der Waals surface area contributed by atoms with E-state index in [-0.39, 0.29) is 11.8 Å². The third kappa shape index (κ3) is 4.01. The maximum atomic E-state index is 12.6. The van der Waals surface area contributed by atoms with Crippen molar-refractivity contribution in [3.05, 3.63) is 47.5 Å². The van der Waals surface area contributed by atoms with Crippen LogP contribution in [0.2, 0.25) is 0 Å². The van der Waals surface area contributed by atoms with Crippen LogP contribution in [0.5, 0.6) is 0 Å². The Morgan fingerprint density at radius 2 is 1.91 bits per heavy atom. The number of carbonyl (C=O) groups is 2. The van der Waals surface area contributed by atoms with E-state index in [1.165, 1.54) is 0 Å². The normalized spacial score (nSPS) is 19.6. The van der Waals surface area contributed by atoms with Crippen molar-refractivity contribution in [2.24, 2.45) is 5.92 Å². The Balaban J connectivity index is 1.63. The topological polar surface area (TPSA) is 49.4 Å². The summed E-state index contributed by atoms with van der Waals surface area (Å²) < 4.78 is 0. The van der Waals surface area contributed by atoms with Crippen molar-refractivity contribution in [1.82, 2.24) is 10.2 Å². The summed E-state index contributed by atoms with van der Waals surface area (Å²) in [7, 11) is 1.63. The van der Waals surface area contributed by atoms with E-state index in [1.54, 1.807) is 7.05 Å². The molecule has 1 N–H and O–H groups in total. The fraction of sp³-hybridized carbons (Fsp3) is 0.474. The molecule has 1 aromatic carbocycles. The molecule has 1 fully saturated rings. The van der Waals surface area contributed by atoms with Gasteiger partial charge in [-0.05, 0) is 49.3 Å². The predicted octanol–water partition coefficient (Wildman–Crippen LogP) is 2.89. The third-order valence-electron chi connectivity index (χ3n) is 4.65. The monoisotopic (exact) mass is 312 g/mol. The van der Waals surface area contributed by atoms with Gasteiger partial charge in [0.1, 0.15) is 0 Å². The minimum absolute atomic E-state index is 0.0836. The van der Waals surface area contributed by atoms with Crippen LogP contribution in [0.3, 0.4) is 0 Å². The number of nitrogens with one attached hydrogen (secondary N) is 1. The molecule has 0 saturated heterocycles. The minimum Gasteiger partial charge on any atom is -0.355 e. The van der Waals surface area contributed by atoms with E-state index in [2.05, 4.69) is 17.5 Å². The number of carbonyl (C=O) groups excluding carboxylic acids is 2. The first-order valence-electron chi connectivity index (χ1n) is 8.44. The number of rotatable bonds is 6. The van der Waals surface area contributed by atoms with E-state index in [1.807, 2.05) is 29.2 Å². The minimum atomic E-state index is -0.0836. The van der Waals surface area contributed by atoms with Crippen LogP contribution in [0.4, 0.5) is 0 Å². The lowest BCUT2D eigenvalue weighted by molar-refractivity contribution is -0.133. The number of amides is 2. The molecule has 23 heavy (non-hydrogen) atoms. The summed E-state index contributed by atoms with van der Waals surface area (Å²) in [6.07, 6.45) is 9.42. The molecule has 4 heteroatoms. The van der Waals surface area contributed by atoms with Gasteiger partial charge in [-0.25, -0.2) is 0 Å². The zero-order valence-corrected chi connectivity index (χ0v) is 13.6. The average Bonchev–Trinajstić information content (AvgIpc) is 3.29. The summed E-state index contributed by atoms with van der Waals surface area (Å²) in [5.41, 5.74) is 1.73. The molecule has 1 unspecified atom stereocenters. The zero-order valence-electron chi connectivity index (χ0n) is 13.6. The maximum Gasteiger partial charge on any atom is 0.251 e. The van der Waals surface area contributed by atoms with Crippen LogP contribution in [0.15, 0.2) is 36.4 Å². The summed E-state index contributed by atoms with van der Waals surface area (Å²) in [6.45, 7) is 0.647. The van der Waals surface area contributed by atoms with E-state index in [9.17, 15) is 9.59 Å².